The van der Waals surface area contributed by atoms with Gasteiger partial charge in [-0.25, -0.2) is 0 Å². The highest BCUT2D eigenvalue weighted by molar-refractivity contribution is 8.02. The van der Waals surface area contributed by atoms with E-state index in [2.05, 4.69) is 36.3 Å². The molecule has 3 fully saturated rings. The number of thioether (sulfide) groups is 1. The third kappa shape index (κ3) is 5.80. The van der Waals surface area contributed by atoms with Crippen LogP contribution in [0, 0.1) is 23.7 Å². The number of carbonyl (C=O) groups is 3. The van der Waals surface area contributed by atoms with E-state index in [4.69, 9.17) is 4.74 Å². The van der Waals surface area contributed by atoms with Gasteiger partial charge in [-0.1, -0.05) is 27.2 Å². The van der Waals surface area contributed by atoms with E-state index < -0.39 is 28.7 Å². The fourth-order valence-electron chi connectivity index (χ4n) is 7.81. The molecule has 3 saturated heterocycles. The summed E-state index contributed by atoms with van der Waals surface area (Å²) in [5.74, 6) is -1.23. The van der Waals surface area contributed by atoms with Gasteiger partial charge in [0.1, 0.15) is 11.8 Å². The summed E-state index contributed by atoms with van der Waals surface area (Å²) < 4.78 is 4.75. The summed E-state index contributed by atoms with van der Waals surface area (Å²) in [6, 6.07) is 13.7. The van der Waals surface area contributed by atoms with Gasteiger partial charge < -0.3 is 30.3 Å². The number of amides is 3. The van der Waals surface area contributed by atoms with Crippen molar-refractivity contribution in [3.8, 4) is 5.75 Å². The lowest BCUT2D eigenvalue weighted by Gasteiger charge is -2.41. The Morgan fingerprint density at radius 2 is 1.62 bits per heavy atom. The van der Waals surface area contributed by atoms with Gasteiger partial charge in [0.05, 0.1) is 35.8 Å². The standard InChI is InChI=1S/C35H48N4O5S/c1-7-21(5)27(20-40)39-31(33(42)37-23-11-15-25(16-12-23)38(8-2)9-3)35-22(6)19-28(45-35)29(30(35)34(39)43)32(41)36-24-13-17-26(18-14-24)44-10-4/h11-18,21-22,27-31,40H,7-10,19-20H2,1-6H3,(H,36,41)(H,37,42)/t21-,22?,27-,28+,29-,30-,31?,35?/m0/s1. The van der Waals surface area contributed by atoms with E-state index in [0.29, 0.717) is 18.0 Å². The Balaban J connectivity index is 1.48. The summed E-state index contributed by atoms with van der Waals surface area (Å²) in [4.78, 5) is 46.9. The molecule has 0 radical (unpaired) electrons. The van der Waals surface area contributed by atoms with E-state index in [0.717, 1.165) is 37.4 Å². The molecule has 3 aliphatic heterocycles. The smallest absolute Gasteiger partial charge is 0.248 e. The Bertz CT molecular complexity index is 1370. The molecule has 2 aromatic rings. The molecule has 3 unspecified atom stereocenters. The Kier molecular flexibility index (Phi) is 10.0. The van der Waals surface area contributed by atoms with Crippen LogP contribution in [0.4, 0.5) is 17.1 Å². The van der Waals surface area contributed by atoms with Crippen LogP contribution < -0.4 is 20.3 Å². The minimum Gasteiger partial charge on any atom is -0.494 e. The van der Waals surface area contributed by atoms with Crippen LogP contribution in [0.25, 0.3) is 0 Å². The maximum absolute atomic E-state index is 14.6. The largest absolute Gasteiger partial charge is 0.494 e. The number of anilines is 3. The minimum atomic E-state index is -0.822. The molecule has 45 heavy (non-hydrogen) atoms. The normalized spacial score (nSPS) is 28.0. The quantitative estimate of drug-likeness (QED) is 0.275. The molecule has 3 N–H and O–H groups in total. The molecule has 5 rings (SSSR count). The summed E-state index contributed by atoms with van der Waals surface area (Å²) >= 11 is 1.64. The van der Waals surface area contributed by atoms with Crippen molar-refractivity contribution in [3.63, 3.8) is 0 Å². The Morgan fingerprint density at radius 1 is 1.02 bits per heavy atom. The number of nitrogens with one attached hydrogen (secondary N) is 2. The number of aliphatic hydroxyl groups is 1. The second kappa shape index (κ2) is 13.6. The average Bonchev–Trinajstić information content (AvgIpc) is 3.63. The summed E-state index contributed by atoms with van der Waals surface area (Å²) in [7, 11) is 0. The molecule has 9 nitrogen and oxygen atoms in total. The van der Waals surface area contributed by atoms with Crippen LogP contribution in [0.15, 0.2) is 48.5 Å². The summed E-state index contributed by atoms with van der Waals surface area (Å²) in [5.41, 5.74) is 2.37. The monoisotopic (exact) mass is 636 g/mol. The van der Waals surface area contributed by atoms with E-state index in [1.165, 1.54) is 0 Å². The Labute approximate surface area is 271 Å². The zero-order chi connectivity index (χ0) is 32.5. The predicted octanol–water partition coefficient (Wildman–Crippen LogP) is 5.25. The molecule has 10 heteroatoms. The second-order valence-corrected chi connectivity index (χ2v) is 14.1. The molecule has 2 bridgehead atoms. The first kappa shape index (κ1) is 33.1. The molecule has 244 valence electrons. The van der Waals surface area contributed by atoms with Gasteiger partial charge in [-0.05, 0) is 87.6 Å². The van der Waals surface area contributed by atoms with Crippen LogP contribution in [0.5, 0.6) is 5.75 Å². The predicted molar refractivity (Wildman–Crippen MR) is 181 cm³/mol. The third-order valence-electron chi connectivity index (χ3n) is 10.3. The highest BCUT2D eigenvalue weighted by Crippen LogP contribution is 2.69. The fourth-order valence-corrected chi connectivity index (χ4v) is 10.2. The van der Waals surface area contributed by atoms with Crippen molar-refractivity contribution in [1.29, 1.82) is 0 Å². The number of rotatable bonds is 13. The van der Waals surface area contributed by atoms with Gasteiger partial charge in [0.15, 0.2) is 0 Å². The van der Waals surface area contributed by atoms with E-state index in [1.54, 1.807) is 28.8 Å². The van der Waals surface area contributed by atoms with Crippen LogP contribution in [0.2, 0.25) is 0 Å². The number of hydrogen-bond acceptors (Lipinski definition) is 7. The number of benzene rings is 2. The molecule has 0 aromatic heterocycles. The zero-order valence-corrected chi connectivity index (χ0v) is 28.1. The number of aliphatic hydroxyl groups excluding tert-OH is 1. The number of ether oxygens (including phenoxy) is 1. The number of likely N-dealkylation sites (tertiary alicyclic amines) is 1. The molecule has 8 atom stereocenters. The zero-order valence-electron chi connectivity index (χ0n) is 27.3. The van der Waals surface area contributed by atoms with E-state index >= 15 is 0 Å². The van der Waals surface area contributed by atoms with Crippen molar-refractivity contribution in [2.75, 3.05) is 41.8 Å². The highest BCUT2D eigenvalue weighted by Gasteiger charge is 2.76. The van der Waals surface area contributed by atoms with Crippen molar-refractivity contribution >= 4 is 46.5 Å². The summed E-state index contributed by atoms with van der Waals surface area (Å²) in [6.07, 6.45) is 1.47. The van der Waals surface area contributed by atoms with Gasteiger partial charge in [-0.2, -0.15) is 0 Å². The topological polar surface area (TPSA) is 111 Å². The molecule has 3 amide bonds. The van der Waals surface area contributed by atoms with Crippen molar-refractivity contribution in [2.45, 2.75) is 76.5 Å². The highest BCUT2D eigenvalue weighted by atomic mass is 32.2. The van der Waals surface area contributed by atoms with Crippen molar-refractivity contribution in [1.82, 2.24) is 4.90 Å². The number of carbonyl (C=O) groups excluding carboxylic acids is 3. The van der Waals surface area contributed by atoms with Crippen LogP contribution in [0.3, 0.4) is 0 Å². The number of nitrogens with zero attached hydrogens (tertiary/aromatic N) is 2. The second-order valence-electron chi connectivity index (χ2n) is 12.6. The number of fused-ring (bicyclic) bond motifs is 1. The molecule has 3 heterocycles. The van der Waals surface area contributed by atoms with E-state index in [-0.39, 0.29) is 41.4 Å². The molecule has 0 aliphatic carbocycles. The SMILES string of the molecule is CCOc1ccc(NC(=O)[C@@H]2[C@H]3C(=O)N([C@@H](CO)[C@@H](C)CC)C(C(=O)Nc4ccc(N(CC)CC)cc4)C34S[C@@H]2CC4C)cc1. The summed E-state index contributed by atoms with van der Waals surface area (Å²) in [6.45, 7) is 14.3. The van der Waals surface area contributed by atoms with Crippen LogP contribution >= 0.6 is 11.8 Å². The lowest BCUT2D eigenvalue weighted by atomic mass is 9.66. The van der Waals surface area contributed by atoms with Gasteiger partial charge in [-0.3, -0.25) is 14.4 Å². The van der Waals surface area contributed by atoms with E-state index in [1.807, 2.05) is 57.2 Å². The molecule has 2 aromatic carbocycles. The fraction of sp³-hybridized carbons (Fsp3) is 0.571. The van der Waals surface area contributed by atoms with Crippen molar-refractivity contribution < 1.29 is 24.2 Å². The number of hydrogen-bond donors (Lipinski definition) is 3. The van der Waals surface area contributed by atoms with Crippen LogP contribution in [-0.2, 0) is 14.4 Å². The van der Waals surface area contributed by atoms with Crippen LogP contribution in [0.1, 0.15) is 54.4 Å². The van der Waals surface area contributed by atoms with Gasteiger partial charge >= 0.3 is 0 Å². The summed E-state index contributed by atoms with van der Waals surface area (Å²) in [5, 5.41) is 16.7. The van der Waals surface area contributed by atoms with Gasteiger partial charge in [0.25, 0.3) is 0 Å². The molecular weight excluding hydrogens is 588 g/mol. The Morgan fingerprint density at radius 3 is 2.18 bits per heavy atom. The maximum Gasteiger partial charge on any atom is 0.248 e. The first-order chi connectivity index (χ1) is 21.6. The molecule has 0 saturated carbocycles. The third-order valence-corrected chi connectivity index (χ3v) is 12.4. The Hall–Kier alpha value is -3.24. The van der Waals surface area contributed by atoms with E-state index in [9.17, 15) is 19.5 Å². The molecule has 1 spiro atoms. The maximum atomic E-state index is 14.6. The minimum absolute atomic E-state index is 0.0260. The molecular formula is C35H48N4O5S. The van der Waals surface area contributed by atoms with Gasteiger partial charge in [-0.15, -0.1) is 11.8 Å². The van der Waals surface area contributed by atoms with Crippen molar-refractivity contribution in [3.05, 3.63) is 48.5 Å². The lowest BCUT2D eigenvalue weighted by Crippen LogP contribution is -2.58. The first-order valence-corrected chi connectivity index (χ1v) is 17.3. The molecule has 3 aliphatic rings. The van der Waals surface area contributed by atoms with Gasteiger partial charge in [0.2, 0.25) is 17.7 Å². The first-order valence-electron chi connectivity index (χ1n) is 16.4. The van der Waals surface area contributed by atoms with Crippen LogP contribution in [-0.4, -0.2) is 76.1 Å². The van der Waals surface area contributed by atoms with Crippen molar-refractivity contribution in [2.24, 2.45) is 23.7 Å². The van der Waals surface area contributed by atoms with Gasteiger partial charge in [0, 0.05) is 35.4 Å². The average molecular weight is 637 g/mol. The lowest BCUT2D eigenvalue weighted by molar-refractivity contribution is -0.142.